The van der Waals surface area contributed by atoms with E-state index in [1.807, 2.05) is 31.2 Å². The Kier molecular flexibility index (Phi) is 5.51. The summed E-state index contributed by atoms with van der Waals surface area (Å²) in [6.45, 7) is 2.03. The minimum atomic E-state index is -0.298. The van der Waals surface area contributed by atoms with Crippen molar-refractivity contribution < 1.29 is 13.9 Å². The number of carbonyl (C=O) groups is 1. The maximum absolute atomic E-state index is 13.8. The van der Waals surface area contributed by atoms with Crippen LogP contribution < -0.4 is 10.1 Å². The van der Waals surface area contributed by atoms with Gasteiger partial charge in [-0.05, 0) is 42.8 Å². The van der Waals surface area contributed by atoms with Gasteiger partial charge in [0.15, 0.2) is 11.0 Å². The Balaban J connectivity index is 1.42. The van der Waals surface area contributed by atoms with E-state index in [1.54, 1.807) is 35.0 Å². The van der Waals surface area contributed by atoms with Crippen molar-refractivity contribution in [1.82, 2.24) is 20.0 Å². The molecule has 33 heavy (non-hydrogen) atoms. The number of rotatable bonds is 5. The van der Waals surface area contributed by atoms with Crippen molar-refractivity contribution in [2.45, 2.75) is 25.9 Å². The molecule has 0 bridgehead atoms. The highest BCUT2D eigenvalue weighted by Gasteiger charge is 2.33. The van der Waals surface area contributed by atoms with Gasteiger partial charge in [-0.2, -0.15) is 9.78 Å². The number of fused-ring (bicyclic) bond motifs is 1. The SMILES string of the molecule is Cc1nn(-c2ccc(Cl)nn2)c2c1[C@@H](c1ccc(OCc3ccccc3F)cc1)CC(=O)N2. The third kappa shape index (κ3) is 4.17. The zero-order valence-corrected chi connectivity index (χ0v) is 18.4. The summed E-state index contributed by atoms with van der Waals surface area (Å²) >= 11 is 5.85. The number of hydrogen-bond donors (Lipinski definition) is 1. The topological polar surface area (TPSA) is 81.9 Å². The smallest absolute Gasteiger partial charge is 0.226 e. The maximum atomic E-state index is 13.8. The molecule has 5 rings (SSSR count). The summed E-state index contributed by atoms with van der Waals surface area (Å²) in [6, 6.07) is 17.3. The summed E-state index contributed by atoms with van der Waals surface area (Å²) in [7, 11) is 0. The second kappa shape index (κ2) is 8.63. The largest absolute Gasteiger partial charge is 0.489 e. The summed E-state index contributed by atoms with van der Waals surface area (Å²) in [6.07, 6.45) is 0.293. The maximum Gasteiger partial charge on any atom is 0.226 e. The molecule has 4 aromatic rings. The molecule has 2 aromatic heterocycles. The number of aryl methyl sites for hydroxylation is 1. The highest BCUT2D eigenvalue weighted by molar-refractivity contribution is 6.29. The van der Waals surface area contributed by atoms with Gasteiger partial charge in [-0.3, -0.25) is 4.79 Å². The summed E-state index contributed by atoms with van der Waals surface area (Å²) in [5.74, 6) is 1.06. The number of halogens is 2. The minimum absolute atomic E-state index is 0.115. The van der Waals surface area contributed by atoms with E-state index in [-0.39, 0.29) is 29.4 Å². The average Bonchev–Trinajstić information content (AvgIpc) is 3.15. The molecule has 1 atom stereocenters. The molecule has 1 amide bonds. The Labute approximate surface area is 194 Å². The number of nitrogens with zero attached hydrogens (tertiary/aromatic N) is 4. The highest BCUT2D eigenvalue weighted by atomic mass is 35.5. The quantitative estimate of drug-likeness (QED) is 0.459. The molecular formula is C24H19ClFN5O2. The van der Waals surface area contributed by atoms with Gasteiger partial charge in [0.1, 0.15) is 24.0 Å². The summed E-state index contributed by atoms with van der Waals surface area (Å²) < 4.78 is 21.1. The molecular weight excluding hydrogens is 445 g/mol. The fourth-order valence-electron chi connectivity index (χ4n) is 3.99. The molecule has 2 aromatic carbocycles. The van der Waals surface area contributed by atoms with Gasteiger partial charge in [0.05, 0.1) is 5.69 Å². The van der Waals surface area contributed by atoms with Crippen molar-refractivity contribution in [2.75, 3.05) is 5.32 Å². The van der Waals surface area contributed by atoms with Crippen molar-refractivity contribution in [3.63, 3.8) is 0 Å². The zero-order chi connectivity index (χ0) is 22.9. The Bertz CT molecular complexity index is 1320. The van der Waals surface area contributed by atoms with Gasteiger partial charge in [0.25, 0.3) is 0 Å². The van der Waals surface area contributed by atoms with Crippen LogP contribution in [0.4, 0.5) is 10.2 Å². The Hall–Kier alpha value is -3.78. The number of carbonyl (C=O) groups excluding carboxylic acids is 1. The van der Waals surface area contributed by atoms with Crippen LogP contribution >= 0.6 is 11.6 Å². The molecule has 0 spiro atoms. The van der Waals surface area contributed by atoms with Crippen LogP contribution in [-0.2, 0) is 11.4 Å². The first-order chi connectivity index (χ1) is 16.0. The molecule has 1 N–H and O–H groups in total. The first kappa shape index (κ1) is 21.1. The number of aromatic nitrogens is 4. The van der Waals surface area contributed by atoms with Crippen molar-refractivity contribution >= 4 is 23.3 Å². The minimum Gasteiger partial charge on any atom is -0.489 e. The van der Waals surface area contributed by atoms with Crippen molar-refractivity contribution in [3.8, 4) is 11.6 Å². The normalized spacial score (nSPS) is 15.1. The molecule has 7 nitrogen and oxygen atoms in total. The lowest BCUT2D eigenvalue weighted by molar-refractivity contribution is -0.116. The molecule has 0 saturated heterocycles. The summed E-state index contributed by atoms with van der Waals surface area (Å²) in [5, 5.41) is 15.7. The van der Waals surface area contributed by atoms with Gasteiger partial charge >= 0.3 is 0 Å². The fraction of sp³-hybridized carbons (Fsp3) is 0.167. The van der Waals surface area contributed by atoms with Crippen LogP contribution in [0.1, 0.15) is 34.7 Å². The van der Waals surface area contributed by atoms with E-state index in [0.29, 0.717) is 29.4 Å². The molecule has 0 aliphatic carbocycles. The lowest BCUT2D eigenvalue weighted by atomic mass is 9.86. The van der Waals surface area contributed by atoms with E-state index in [0.717, 1.165) is 16.8 Å². The third-order valence-corrected chi connectivity index (χ3v) is 5.77. The predicted molar refractivity (Wildman–Crippen MR) is 121 cm³/mol. The van der Waals surface area contributed by atoms with Crippen LogP contribution in [-0.4, -0.2) is 25.9 Å². The van der Waals surface area contributed by atoms with E-state index in [1.165, 1.54) is 6.07 Å². The van der Waals surface area contributed by atoms with Gasteiger partial charge in [-0.1, -0.05) is 41.9 Å². The van der Waals surface area contributed by atoms with Crippen LogP contribution in [0, 0.1) is 12.7 Å². The van der Waals surface area contributed by atoms with Crippen LogP contribution in [0.3, 0.4) is 0 Å². The van der Waals surface area contributed by atoms with E-state index >= 15 is 0 Å². The molecule has 1 aliphatic rings. The molecule has 3 heterocycles. The molecule has 0 fully saturated rings. The molecule has 166 valence electrons. The van der Waals surface area contributed by atoms with Gasteiger partial charge in [0, 0.05) is 23.5 Å². The number of amides is 1. The van der Waals surface area contributed by atoms with Gasteiger partial charge in [0.2, 0.25) is 5.91 Å². The molecule has 1 aliphatic heterocycles. The second-order valence-corrected chi connectivity index (χ2v) is 8.12. The predicted octanol–water partition coefficient (Wildman–Crippen LogP) is 4.82. The van der Waals surface area contributed by atoms with Gasteiger partial charge in [-0.25, -0.2) is 4.39 Å². The van der Waals surface area contributed by atoms with Gasteiger partial charge in [-0.15, -0.1) is 10.2 Å². The number of ether oxygens (including phenoxy) is 1. The summed E-state index contributed by atoms with van der Waals surface area (Å²) in [5.41, 5.74) is 3.15. The lowest BCUT2D eigenvalue weighted by Crippen LogP contribution is -2.25. The molecule has 0 radical (unpaired) electrons. The first-order valence-corrected chi connectivity index (χ1v) is 10.7. The van der Waals surface area contributed by atoms with Crippen molar-refractivity contribution in [3.05, 3.63) is 94.0 Å². The Morgan fingerprint density at radius 1 is 1.12 bits per heavy atom. The highest BCUT2D eigenvalue weighted by Crippen LogP contribution is 2.40. The van der Waals surface area contributed by atoms with Crippen molar-refractivity contribution in [1.29, 1.82) is 0 Å². The molecule has 9 heteroatoms. The lowest BCUT2D eigenvalue weighted by Gasteiger charge is -2.24. The average molecular weight is 464 g/mol. The molecule has 0 saturated carbocycles. The number of benzene rings is 2. The summed E-state index contributed by atoms with van der Waals surface area (Å²) in [4.78, 5) is 12.5. The zero-order valence-electron chi connectivity index (χ0n) is 17.6. The van der Waals surface area contributed by atoms with Crippen molar-refractivity contribution in [2.24, 2.45) is 0 Å². The second-order valence-electron chi connectivity index (χ2n) is 7.73. The van der Waals surface area contributed by atoms with Crippen LogP contribution in [0.25, 0.3) is 5.82 Å². The standard InChI is InChI=1S/C24H19ClFN5O2/c1-14-23-18(12-22(32)27-24(23)31(30-14)21-11-10-20(25)28-29-21)15-6-8-17(9-7-15)33-13-16-4-2-3-5-19(16)26/h2-11,18H,12-13H2,1H3,(H,27,32)/t18-/m1/s1. The van der Waals surface area contributed by atoms with E-state index in [2.05, 4.69) is 20.6 Å². The monoisotopic (exact) mass is 463 g/mol. The van der Waals surface area contributed by atoms with Crippen LogP contribution in [0.2, 0.25) is 5.15 Å². The van der Waals surface area contributed by atoms with E-state index < -0.39 is 0 Å². The Morgan fingerprint density at radius 2 is 1.91 bits per heavy atom. The van der Waals surface area contributed by atoms with Crippen LogP contribution in [0.5, 0.6) is 5.75 Å². The number of hydrogen-bond acceptors (Lipinski definition) is 5. The molecule has 0 unspecified atom stereocenters. The van der Waals surface area contributed by atoms with Crippen LogP contribution in [0.15, 0.2) is 60.7 Å². The Morgan fingerprint density at radius 3 is 2.64 bits per heavy atom. The first-order valence-electron chi connectivity index (χ1n) is 10.3. The van der Waals surface area contributed by atoms with Gasteiger partial charge < -0.3 is 10.1 Å². The van der Waals surface area contributed by atoms with E-state index in [9.17, 15) is 9.18 Å². The fourth-order valence-corrected chi connectivity index (χ4v) is 4.09. The third-order valence-electron chi connectivity index (χ3n) is 5.57. The number of nitrogens with one attached hydrogen (secondary N) is 1. The van der Waals surface area contributed by atoms with E-state index in [4.69, 9.17) is 16.3 Å². The number of anilines is 1.